The van der Waals surface area contributed by atoms with E-state index < -0.39 is 0 Å². The molecule has 1 fully saturated rings. The third-order valence-electron chi connectivity index (χ3n) is 5.18. The zero-order chi connectivity index (χ0) is 20.6. The summed E-state index contributed by atoms with van der Waals surface area (Å²) in [6.07, 6.45) is 1.93. The highest BCUT2D eigenvalue weighted by molar-refractivity contribution is 6.31. The van der Waals surface area contributed by atoms with Gasteiger partial charge in [0.05, 0.1) is 19.1 Å². The Balaban J connectivity index is 1.45. The number of rotatable bonds is 8. The molecule has 1 aliphatic rings. The summed E-state index contributed by atoms with van der Waals surface area (Å²) in [6, 6.07) is 15.3. The lowest BCUT2D eigenvalue weighted by Gasteiger charge is -2.32. The minimum absolute atomic E-state index is 0.00493. The van der Waals surface area contributed by atoms with E-state index in [2.05, 4.69) is 10.2 Å². The van der Waals surface area contributed by atoms with Crippen LogP contribution in [-0.2, 0) is 11.3 Å². The van der Waals surface area contributed by atoms with E-state index in [9.17, 15) is 4.79 Å². The van der Waals surface area contributed by atoms with Crippen molar-refractivity contribution in [1.29, 1.82) is 0 Å². The summed E-state index contributed by atoms with van der Waals surface area (Å²) < 4.78 is 10.9. The lowest BCUT2D eigenvalue weighted by molar-refractivity contribution is -0.127. The molecule has 156 valence electrons. The van der Waals surface area contributed by atoms with E-state index in [4.69, 9.17) is 21.1 Å². The van der Waals surface area contributed by atoms with E-state index in [1.165, 1.54) is 0 Å². The van der Waals surface area contributed by atoms with Crippen LogP contribution in [0.1, 0.15) is 25.3 Å². The third-order valence-corrected chi connectivity index (χ3v) is 5.54. The van der Waals surface area contributed by atoms with Crippen molar-refractivity contribution in [3.8, 4) is 11.5 Å². The van der Waals surface area contributed by atoms with E-state index in [1.807, 2.05) is 55.5 Å². The topological polar surface area (TPSA) is 50.8 Å². The monoisotopic (exact) mass is 416 g/mol. The van der Waals surface area contributed by atoms with Gasteiger partial charge in [0.15, 0.2) is 0 Å². The normalized spacial score (nSPS) is 18.1. The number of amides is 1. The Kier molecular flexibility index (Phi) is 7.78. The maximum atomic E-state index is 12.7. The van der Waals surface area contributed by atoms with Crippen molar-refractivity contribution in [3.63, 3.8) is 0 Å². The Morgan fingerprint density at radius 3 is 2.66 bits per heavy atom. The maximum absolute atomic E-state index is 12.7. The van der Waals surface area contributed by atoms with Crippen molar-refractivity contribution in [1.82, 2.24) is 10.2 Å². The molecule has 6 heteroatoms. The fourth-order valence-electron chi connectivity index (χ4n) is 3.58. The number of likely N-dealkylation sites (tertiary alicyclic amines) is 1. The quantitative estimate of drug-likeness (QED) is 0.702. The minimum Gasteiger partial charge on any atom is -0.497 e. The van der Waals surface area contributed by atoms with Crippen molar-refractivity contribution in [2.45, 2.75) is 32.4 Å². The van der Waals surface area contributed by atoms with Crippen molar-refractivity contribution < 1.29 is 14.3 Å². The third kappa shape index (κ3) is 6.38. The van der Waals surface area contributed by atoms with Crippen molar-refractivity contribution in [3.05, 3.63) is 59.1 Å². The lowest BCUT2D eigenvalue weighted by Crippen LogP contribution is -2.46. The highest BCUT2D eigenvalue weighted by Crippen LogP contribution is 2.22. The maximum Gasteiger partial charge on any atom is 0.224 e. The average molecular weight is 417 g/mol. The van der Waals surface area contributed by atoms with Crippen LogP contribution < -0.4 is 14.8 Å². The van der Waals surface area contributed by atoms with E-state index in [-0.39, 0.29) is 17.9 Å². The molecular weight excluding hydrogens is 388 g/mol. The Hall–Kier alpha value is -2.24. The van der Waals surface area contributed by atoms with Crippen LogP contribution >= 0.6 is 11.6 Å². The summed E-state index contributed by atoms with van der Waals surface area (Å²) in [7, 11) is 1.63. The molecule has 1 heterocycles. The Morgan fingerprint density at radius 2 is 1.93 bits per heavy atom. The van der Waals surface area contributed by atoms with Gasteiger partial charge in [-0.15, -0.1) is 0 Å². The summed E-state index contributed by atoms with van der Waals surface area (Å²) >= 11 is 6.29. The largest absolute Gasteiger partial charge is 0.497 e. The van der Waals surface area contributed by atoms with Gasteiger partial charge in [-0.2, -0.15) is 0 Å². The van der Waals surface area contributed by atoms with Gasteiger partial charge in [-0.1, -0.05) is 29.8 Å². The van der Waals surface area contributed by atoms with Gasteiger partial charge in [0.1, 0.15) is 18.1 Å². The van der Waals surface area contributed by atoms with Gasteiger partial charge in [-0.25, -0.2) is 0 Å². The van der Waals surface area contributed by atoms with Crippen molar-refractivity contribution in [2.75, 3.05) is 26.8 Å². The molecule has 1 aliphatic heterocycles. The van der Waals surface area contributed by atoms with Gasteiger partial charge in [-0.05, 0) is 62.2 Å². The van der Waals surface area contributed by atoms with E-state index in [1.54, 1.807) is 7.11 Å². The van der Waals surface area contributed by atoms with Gasteiger partial charge in [-0.3, -0.25) is 9.69 Å². The minimum atomic E-state index is -0.0662. The van der Waals surface area contributed by atoms with Gasteiger partial charge >= 0.3 is 0 Å². The second kappa shape index (κ2) is 10.5. The summed E-state index contributed by atoms with van der Waals surface area (Å²) in [5.74, 6) is 1.64. The number of hydrogen-bond donors (Lipinski definition) is 1. The van der Waals surface area contributed by atoms with E-state index in [0.29, 0.717) is 6.61 Å². The number of halogens is 1. The second-order valence-corrected chi connectivity index (χ2v) is 7.97. The van der Waals surface area contributed by atoms with Gasteiger partial charge in [0.2, 0.25) is 5.91 Å². The van der Waals surface area contributed by atoms with Gasteiger partial charge in [0.25, 0.3) is 0 Å². The SMILES string of the molecule is COc1ccc(OC[C@@H](C)NC(=O)[C@@H]2CCCN(Cc3ccccc3Cl)C2)cc1. The molecule has 2 aromatic rings. The van der Waals surface area contributed by atoms with Crippen LogP contribution in [0.15, 0.2) is 48.5 Å². The number of methoxy groups -OCH3 is 1. The molecule has 0 radical (unpaired) electrons. The molecule has 0 spiro atoms. The number of piperidine rings is 1. The molecular formula is C23H29ClN2O3. The first-order chi connectivity index (χ1) is 14.0. The smallest absolute Gasteiger partial charge is 0.224 e. The molecule has 29 heavy (non-hydrogen) atoms. The predicted octanol–water partition coefficient (Wildman–Crippen LogP) is 4.14. The van der Waals surface area contributed by atoms with E-state index in [0.717, 1.165) is 54.6 Å². The molecule has 1 saturated heterocycles. The number of nitrogens with zero attached hydrogens (tertiary/aromatic N) is 1. The Bertz CT molecular complexity index is 797. The van der Waals surface area contributed by atoms with Crippen LogP contribution in [0.4, 0.5) is 0 Å². The highest BCUT2D eigenvalue weighted by Gasteiger charge is 2.27. The molecule has 0 aliphatic carbocycles. The van der Waals surface area contributed by atoms with Crippen LogP contribution in [0.2, 0.25) is 5.02 Å². The number of nitrogens with one attached hydrogen (secondary N) is 1. The van der Waals surface area contributed by atoms with E-state index >= 15 is 0 Å². The lowest BCUT2D eigenvalue weighted by atomic mass is 9.96. The zero-order valence-electron chi connectivity index (χ0n) is 17.1. The molecule has 0 saturated carbocycles. The number of benzene rings is 2. The van der Waals surface area contributed by atoms with Crippen LogP contribution in [0, 0.1) is 5.92 Å². The molecule has 0 bridgehead atoms. The summed E-state index contributed by atoms with van der Waals surface area (Å²) in [5.41, 5.74) is 1.11. The molecule has 1 N–H and O–H groups in total. The molecule has 0 aromatic heterocycles. The molecule has 2 aromatic carbocycles. The van der Waals surface area contributed by atoms with Gasteiger partial charge in [0, 0.05) is 18.1 Å². The van der Waals surface area contributed by atoms with Crippen molar-refractivity contribution in [2.24, 2.45) is 5.92 Å². The first-order valence-corrected chi connectivity index (χ1v) is 10.5. The second-order valence-electron chi connectivity index (χ2n) is 7.56. The van der Waals surface area contributed by atoms with Crippen LogP contribution in [-0.4, -0.2) is 43.7 Å². The van der Waals surface area contributed by atoms with Crippen LogP contribution in [0.5, 0.6) is 11.5 Å². The fraction of sp³-hybridized carbons (Fsp3) is 0.435. The van der Waals surface area contributed by atoms with Crippen molar-refractivity contribution >= 4 is 17.5 Å². The standard InChI is InChI=1S/C23H29ClN2O3/c1-17(16-29-21-11-9-20(28-2)10-12-21)25-23(27)19-7-5-13-26(15-19)14-18-6-3-4-8-22(18)24/h3-4,6,8-12,17,19H,5,7,13-16H2,1-2H3,(H,25,27)/t17-,19-/m1/s1. The Labute approximate surface area is 177 Å². The number of hydrogen-bond acceptors (Lipinski definition) is 4. The highest BCUT2D eigenvalue weighted by atomic mass is 35.5. The number of carbonyl (C=O) groups is 1. The summed E-state index contributed by atoms with van der Waals surface area (Å²) in [4.78, 5) is 15.0. The fourth-order valence-corrected chi connectivity index (χ4v) is 3.77. The Morgan fingerprint density at radius 1 is 1.21 bits per heavy atom. The van der Waals surface area contributed by atoms with Crippen LogP contribution in [0.3, 0.4) is 0 Å². The van der Waals surface area contributed by atoms with Gasteiger partial charge < -0.3 is 14.8 Å². The summed E-state index contributed by atoms with van der Waals surface area (Å²) in [6.45, 7) is 4.91. The zero-order valence-corrected chi connectivity index (χ0v) is 17.8. The average Bonchev–Trinajstić information content (AvgIpc) is 2.74. The molecule has 5 nitrogen and oxygen atoms in total. The number of ether oxygens (including phenoxy) is 2. The molecule has 3 rings (SSSR count). The first kappa shape index (κ1) is 21.5. The molecule has 1 amide bonds. The first-order valence-electron chi connectivity index (χ1n) is 10.1. The molecule has 2 atom stereocenters. The number of carbonyl (C=O) groups excluding carboxylic acids is 1. The molecule has 0 unspecified atom stereocenters. The van der Waals surface area contributed by atoms with Crippen LogP contribution in [0.25, 0.3) is 0 Å². The predicted molar refractivity (Wildman–Crippen MR) is 116 cm³/mol. The summed E-state index contributed by atoms with van der Waals surface area (Å²) in [5, 5.41) is 3.88.